The molecule has 1 aromatic carbocycles. The number of hydrogen-bond acceptors (Lipinski definition) is 4. The molecule has 0 spiro atoms. The number of carbonyl (C=O) groups excluding carboxylic acids is 1. The van der Waals surface area contributed by atoms with Crippen LogP contribution in [0.1, 0.15) is 23.7 Å². The first-order valence-electron chi connectivity index (χ1n) is 6.89. The maximum Gasteiger partial charge on any atom is 0.343 e. The molecule has 22 heavy (non-hydrogen) atoms. The van der Waals surface area contributed by atoms with E-state index in [0.29, 0.717) is 13.0 Å². The van der Waals surface area contributed by atoms with Crippen molar-refractivity contribution in [2.45, 2.75) is 19.9 Å². The van der Waals surface area contributed by atoms with Gasteiger partial charge in [-0.05, 0) is 19.4 Å². The molecule has 1 aliphatic rings. The predicted octanol–water partition coefficient (Wildman–Crippen LogP) is 2.24. The Kier molecular flexibility index (Phi) is 3.56. The molecule has 3 rings (SSSR count). The summed E-state index contributed by atoms with van der Waals surface area (Å²) in [6, 6.07) is 0.796. The van der Waals surface area contributed by atoms with Crippen LogP contribution in [0.3, 0.4) is 0 Å². The molecule has 0 saturated heterocycles. The molecule has 7 heteroatoms. The summed E-state index contributed by atoms with van der Waals surface area (Å²) in [7, 11) is 0. The topological polar surface area (TPSA) is 57.5 Å². The summed E-state index contributed by atoms with van der Waals surface area (Å²) in [5.41, 5.74) is -0.738. The smallest absolute Gasteiger partial charge is 0.343 e. The van der Waals surface area contributed by atoms with Gasteiger partial charge >= 0.3 is 5.97 Å². The van der Waals surface area contributed by atoms with E-state index in [4.69, 9.17) is 9.47 Å². The van der Waals surface area contributed by atoms with Crippen molar-refractivity contribution in [1.82, 2.24) is 4.57 Å². The molecule has 0 radical (unpaired) electrons. The number of carbonyl (C=O) groups is 1. The lowest BCUT2D eigenvalue weighted by Crippen LogP contribution is -2.21. The average molecular weight is 309 g/mol. The molecular weight excluding hydrogens is 296 g/mol. The normalized spacial score (nSPS) is 13.6. The highest BCUT2D eigenvalue weighted by atomic mass is 19.2. The summed E-state index contributed by atoms with van der Waals surface area (Å²) in [4.78, 5) is 24.3. The molecule has 1 aromatic heterocycles. The Labute approximate surface area is 124 Å². The van der Waals surface area contributed by atoms with Crippen LogP contribution in [0.15, 0.2) is 17.1 Å². The van der Waals surface area contributed by atoms with E-state index in [1.807, 2.05) is 0 Å². The van der Waals surface area contributed by atoms with Crippen LogP contribution >= 0.6 is 0 Å². The van der Waals surface area contributed by atoms with Crippen LogP contribution < -0.4 is 10.2 Å². The van der Waals surface area contributed by atoms with Crippen molar-refractivity contribution in [3.8, 4) is 5.75 Å². The van der Waals surface area contributed by atoms with Gasteiger partial charge in [0.1, 0.15) is 5.56 Å². The van der Waals surface area contributed by atoms with E-state index in [9.17, 15) is 18.4 Å². The van der Waals surface area contributed by atoms with Gasteiger partial charge in [0.25, 0.3) is 0 Å². The van der Waals surface area contributed by atoms with Gasteiger partial charge in [-0.15, -0.1) is 0 Å². The second kappa shape index (κ2) is 5.40. The second-order valence-electron chi connectivity index (χ2n) is 4.89. The lowest BCUT2D eigenvalue weighted by atomic mass is 10.1. The third-order valence-electron chi connectivity index (χ3n) is 3.50. The van der Waals surface area contributed by atoms with Crippen molar-refractivity contribution in [3.63, 3.8) is 0 Å². The van der Waals surface area contributed by atoms with Crippen molar-refractivity contribution in [2.24, 2.45) is 0 Å². The Bertz CT molecular complexity index is 829. The number of ether oxygens (including phenoxy) is 2. The Morgan fingerprint density at radius 1 is 1.45 bits per heavy atom. The monoisotopic (exact) mass is 309 g/mol. The van der Waals surface area contributed by atoms with Crippen LogP contribution in [0, 0.1) is 11.6 Å². The number of benzene rings is 1. The fourth-order valence-corrected chi connectivity index (χ4v) is 2.55. The summed E-state index contributed by atoms with van der Waals surface area (Å²) < 4.78 is 39.3. The molecule has 0 bridgehead atoms. The standard InChI is InChI=1S/C15H13F2NO4/c1-2-21-15(20)9-7-18-4-3-5-22-14-11(17)10(16)6-8(12(14)18)13(9)19/h6-7H,2-5H2,1H3. The zero-order valence-corrected chi connectivity index (χ0v) is 11.8. The Morgan fingerprint density at radius 2 is 2.23 bits per heavy atom. The lowest BCUT2D eigenvalue weighted by Gasteiger charge is -2.13. The summed E-state index contributed by atoms with van der Waals surface area (Å²) in [5, 5.41) is -0.0960. The minimum atomic E-state index is -1.19. The lowest BCUT2D eigenvalue weighted by molar-refractivity contribution is 0.0524. The van der Waals surface area contributed by atoms with Gasteiger partial charge < -0.3 is 14.0 Å². The van der Waals surface area contributed by atoms with Gasteiger partial charge in [0, 0.05) is 12.7 Å². The minimum Gasteiger partial charge on any atom is -0.488 e. The van der Waals surface area contributed by atoms with Crippen molar-refractivity contribution in [2.75, 3.05) is 13.2 Å². The van der Waals surface area contributed by atoms with E-state index in [2.05, 4.69) is 0 Å². The quantitative estimate of drug-likeness (QED) is 0.798. The second-order valence-corrected chi connectivity index (χ2v) is 4.89. The summed E-state index contributed by atoms with van der Waals surface area (Å²) >= 11 is 0. The van der Waals surface area contributed by atoms with Crippen molar-refractivity contribution in [3.05, 3.63) is 39.7 Å². The number of esters is 1. The van der Waals surface area contributed by atoms with E-state index in [1.165, 1.54) is 10.8 Å². The largest absolute Gasteiger partial charge is 0.488 e. The zero-order chi connectivity index (χ0) is 15.9. The molecule has 2 aromatic rings. The van der Waals surface area contributed by atoms with Gasteiger partial charge in [-0.2, -0.15) is 4.39 Å². The molecule has 0 atom stereocenters. The molecule has 116 valence electrons. The minimum absolute atomic E-state index is 0.0960. The average Bonchev–Trinajstić information content (AvgIpc) is 2.70. The van der Waals surface area contributed by atoms with Crippen LogP contribution in [0.2, 0.25) is 0 Å². The molecule has 5 nitrogen and oxygen atoms in total. The van der Waals surface area contributed by atoms with Gasteiger partial charge in [-0.1, -0.05) is 0 Å². The number of nitrogens with zero attached hydrogens (tertiary/aromatic N) is 1. The SMILES string of the molecule is CCOC(=O)c1cn2c3c(c(F)c(F)cc3c1=O)OCCC2. The van der Waals surface area contributed by atoms with E-state index < -0.39 is 23.0 Å². The van der Waals surface area contributed by atoms with Gasteiger partial charge in [-0.25, -0.2) is 9.18 Å². The summed E-state index contributed by atoms with van der Waals surface area (Å²) in [5.74, 6) is -3.39. The number of aryl methyl sites for hydroxylation is 1. The van der Waals surface area contributed by atoms with Gasteiger partial charge in [0.15, 0.2) is 11.6 Å². The van der Waals surface area contributed by atoms with Gasteiger partial charge in [-0.3, -0.25) is 4.79 Å². The van der Waals surface area contributed by atoms with Crippen molar-refractivity contribution >= 4 is 16.9 Å². The van der Waals surface area contributed by atoms with Crippen LogP contribution in [0.4, 0.5) is 8.78 Å². The third-order valence-corrected chi connectivity index (χ3v) is 3.50. The van der Waals surface area contributed by atoms with Crippen LogP contribution in [0.5, 0.6) is 5.75 Å². The first-order valence-corrected chi connectivity index (χ1v) is 6.89. The highest BCUT2D eigenvalue weighted by molar-refractivity contribution is 5.95. The first kappa shape index (κ1) is 14.5. The Hall–Kier alpha value is -2.44. The fraction of sp³-hybridized carbons (Fsp3) is 0.333. The number of rotatable bonds is 2. The molecular formula is C15H13F2NO4. The van der Waals surface area contributed by atoms with Gasteiger partial charge in [0.05, 0.1) is 24.1 Å². The molecule has 2 heterocycles. The molecule has 0 N–H and O–H groups in total. The Morgan fingerprint density at radius 3 is 2.95 bits per heavy atom. The van der Waals surface area contributed by atoms with E-state index in [-0.39, 0.29) is 35.4 Å². The molecule has 0 fully saturated rings. The molecule has 0 saturated carbocycles. The van der Waals surface area contributed by atoms with Crippen LogP contribution in [-0.4, -0.2) is 23.8 Å². The summed E-state index contributed by atoms with van der Waals surface area (Å²) in [6.07, 6.45) is 1.86. The highest BCUT2D eigenvalue weighted by Gasteiger charge is 2.24. The predicted molar refractivity (Wildman–Crippen MR) is 74.2 cm³/mol. The number of pyridine rings is 1. The number of hydrogen-bond donors (Lipinski definition) is 0. The number of aromatic nitrogens is 1. The Balaban J connectivity index is 2.39. The van der Waals surface area contributed by atoms with E-state index in [1.54, 1.807) is 6.92 Å². The van der Waals surface area contributed by atoms with Crippen molar-refractivity contribution < 1.29 is 23.0 Å². The summed E-state index contributed by atoms with van der Waals surface area (Å²) in [6.45, 7) is 2.34. The molecule has 1 aliphatic heterocycles. The van der Waals surface area contributed by atoms with Crippen LogP contribution in [-0.2, 0) is 11.3 Å². The number of halogens is 2. The first-order chi connectivity index (χ1) is 10.5. The highest BCUT2D eigenvalue weighted by Crippen LogP contribution is 2.31. The molecule has 0 aliphatic carbocycles. The zero-order valence-electron chi connectivity index (χ0n) is 11.8. The fourth-order valence-electron chi connectivity index (χ4n) is 2.55. The maximum atomic E-state index is 13.9. The third kappa shape index (κ3) is 2.13. The molecule has 0 unspecified atom stereocenters. The van der Waals surface area contributed by atoms with E-state index in [0.717, 1.165) is 6.07 Å². The van der Waals surface area contributed by atoms with Gasteiger partial charge in [0.2, 0.25) is 11.2 Å². The van der Waals surface area contributed by atoms with Crippen molar-refractivity contribution in [1.29, 1.82) is 0 Å². The van der Waals surface area contributed by atoms with Crippen LogP contribution in [0.25, 0.3) is 10.9 Å². The van der Waals surface area contributed by atoms with E-state index >= 15 is 0 Å². The molecule has 0 amide bonds. The maximum absolute atomic E-state index is 13.9.